The molecule has 1 aliphatic heterocycles. The molecule has 15 heavy (non-hydrogen) atoms. The minimum Gasteiger partial charge on any atom is -0.396 e. The van der Waals surface area contributed by atoms with Crippen LogP contribution in [0.15, 0.2) is 30.3 Å². The van der Waals surface area contributed by atoms with Crippen molar-refractivity contribution in [2.75, 3.05) is 13.2 Å². The van der Waals surface area contributed by atoms with E-state index in [4.69, 9.17) is 5.11 Å². The molecular weight excluding hydrogens is 186 g/mol. The van der Waals surface area contributed by atoms with Gasteiger partial charge in [-0.3, -0.25) is 4.90 Å². The number of likely N-dealkylation sites (tertiary alicyclic amines) is 1. The van der Waals surface area contributed by atoms with Gasteiger partial charge in [-0.2, -0.15) is 0 Å². The van der Waals surface area contributed by atoms with Crippen LogP contribution >= 0.6 is 0 Å². The monoisotopic (exact) mass is 205 g/mol. The normalized spacial score (nSPS) is 27.1. The lowest BCUT2D eigenvalue weighted by Crippen LogP contribution is -2.26. The summed E-state index contributed by atoms with van der Waals surface area (Å²) >= 11 is 0. The van der Waals surface area contributed by atoms with Crippen LogP contribution in [0.25, 0.3) is 0 Å². The molecule has 2 heteroatoms. The van der Waals surface area contributed by atoms with Crippen LogP contribution in [-0.4, -0.2) is 29.2 Å². The van der Waals surface area contributed by atoms with Gasteiger partial charge in [0.25, 0.3) is 0 Å². The second-order valence-electron chi connectivity index (χ2n) is 4.55. The molecule has 0 amide bonds. The van der Waals surface area contributed by atoms with Crippen LogP contribution in [0, 0.1) is 5.92 Å². The van der Waals surface area contributed by atoms with Crippen molar-refractivity contribution in [1.82, 2.24) is 4.90 Å². The number of hydrogen-bond acceptors (Lipinski definition) is 2. The van der Waals surface area contributed by atoms with Crippen molar-refractivity contribution < 1.29 is 5.11 Å². The van der Waals surface area contributed by atoms with Crippen molar-refractivity contribution in [3.8, 4) is 0 Å². The summed E-state index contributed by atoms with van der Waals surface area (Å²) in [4.78, 5) is 2.45. The molecule has 2 rings (SSSR count). The molecule has 0 radical (unpaired) electrons. The van der Waals surface area contributed by atoms with E-state index in [-0.39, 0.29) is 0 Å². The molecule has 0 aliphatic carbocycles. The van der Waals surface area contributed by atoms with Crippen molar-refractivity contribution in [2.24, 2.45) is 5.92 Å². The fourth-order valence-corrected chi connectivity index (χ4v) is 2.39. The van der Waals surface area contributed by atoms with Crippen molar-refractivity contribution in [3.05, 3.63) is 35.9 Å². The Morgan fingerprint density at radius 3 is 2.67 bits per heavy atom. The third-order valence-electron chi connectivity index (χ3n) is 3.28. The van der Waals surface area contributed by atoms with Gasteiger partial charge in [-0.15, -0.1) is 0 Å². The summed E-state index contributed by atoms with van der Waals surface area (Å²) in [5.74, 6) is 0.476. The number of hydrogen-bond donors (Lipinski definition) is 1. The van der Waals surface area contributed by atoms with Crippen molar-refractivity contribution in [1.29, 1.82) is 0 Å². The number of rotatable bonds is 3. The molecule has 0 unspecified atom stereocenters. The van der Waals surface area contributed by atoms with E-state index < -0.39 is 0 Å². The lowest BCUT2D eigenvalue weighted by atomic mass is 10.1. The van der Waals surface area contributed by atoms with Crippen LogP contribution in [0.2, 0.25) is 0 Å². The summed E-state index contributed by atoms with van der Waals surface area (Å²) < 4.78 is 0. The topological polar surface area (TPSA) is 23.5 Å². The zero-order valence-electron chi connectivity index (χ0n) is 9.26. The Balaban J connectivity index is 1.96. The van der Waals surface area contributed by atoms with Gasteiger partial charge in [0.2, 0.25) is 0 Å². The van der Waals surface area contributed by atoms with Crippen molar-refractivity contribution >= 4 is 0 Å². The zero-order chi connectivity index (χ0) is 10.7. The van der Waals surface area contributed by atoms with Gasteiger partial charge >= 0.3 is 0 Å². The van der Waals surface area contributed by atoms with E-state index >= 15 is 0 Å². The Morgan fingerprint density at radius 1 is 1.33 bits per heavy atom. The summed E-state index contributed by atoms with van der Waals surface area (Å²) in [7, 11) is 0. The van der Waals surface area contributed by atoms with E-state index in [1.54, 1.807) is 0 Å². The molecule has 1 aliphatic rings. The second kappa shape index (κ2) is 4.77. The smallest absolute Gasteiger partial charge is 0.0472 e. The quantitative estimate of drug-likeness (QED) is 0.814. The Morgan fingerprint density at radius 2 is 2.07 bits per heavy atom. The van der Waals surface area contributed by atoms with Crippen LogP contribution < -0.4 is 0 Å². The average Bonchev–Trinajstić information content (AvgIpc) is 2.61. The number of nitrogens with zero attached hydrogens (tertiary/aromatic N) is 1. The Bertz CT molecular complexity index is 299. The molecule has 0 saturated carbocycles. The van der Waals surface area contributed by atoms with E-state index in [9.17, 15) is 0 Å². The Labute approximate surface area is 91.5 Å². The minimum atomic E-state index is 0.329. The molecule has 0 aromatic heterocycles. The van der Waals surface area contributed by atoms with Gasteiger partial charge in [-0.1, -0.05) is 30.3 Å². The molecule has 2 atom stereocenters. The molecule has 0 spiro atoms. The van der Waals surface area contributed by atoms with Crippen LogP contribution in [0.3, 0.4) is 0 Å². The number of aliphatic hydroxyl groups is 1. The fourth-order valence-electron chi connectivity index (χ4n) is 2.39. The first-order valence-electron chi connectivity index (χ1n) is 5.68. The van der Waals surface area contributed by atoms with E-state index in [0.717, 1.165) is 19.5 Å². The van der Waals surface area contributed by atoms with Gasteiger partial charge in [0, 0.05) is 25.7 Å². The summed E-state index contributed by atoms with van der Waals surface area (Å²) in [6, 6.07) is 11.1. The Kier molecular flexibility index (Phi) is 3.39. The number of benzene rings is 1. The molecule has 1 saturated heterocycles. The summed E-state index contributed by atoms with van der Waals surface area (Å²) in [6.07, 6.45) is 1.13. The van der Waals surface area contributed by atoms with Gasteiger partial charge in [0.05, 0.1) is 0 Å². The highest BCUT2D eigenvalue weighted by Gasteiger charge is 2.27. The third kappa shape index (κ3) is 2.58. The second-order valence-corrected chi connectivity index (χ2v) is 4.55. The summed E-state index contributed by atoms with van der Waals surface area (Å²) in [5.41, 5.74) is 1.36. The fraction of sp³-hybridized carbons (Fsp3) is 0.538. The molecule has 2 nitrogen and oxygen atoms in total. The van der Waals surface area contributed by atoms with Gasteiger partial charge in [-0.05, 0) is 24.8 Å². The summed E-state index contributed by atoms with van der Waals surface area (Å²) in [6.45, 7) is 4.62. The molecule has 82 valence electrons. The molecule has 1 fully saturated rings. The maximum atomic E-state index is 9.14. The van der Waals surface area contributed by atoms with Gasteiger partial charge < -0.3 is 5.11 Å². The van der Waals surface area contributed by atoms with E-state index in [1.165, 1.54) is 5.56 Å². The van der Waals surface area contributed by atoms with E-state index in [1.807, 2.05) is 6.07 Å². The summed E-state index contributed by atoms with van der Waals surface area (Å²) in [5, 5.41) is 9.14. The minimum absolute atomic E-state index is 0.329. The highest BCUT2D eigenvalue weighted by Crippen LogP contribution is 2.24. The van der Waals surface area contributed by atoms with Crippen molar-refractivity contribution in [3.63, 3.8) is 0 Å². The molecule has 1 heterocycles. The van der Waals surface area contributed by atoms with Crippen LogP contribution in [-0.2, 0) is 6.54 Å². The largest absolute Gasteiger partial charge is 0.396 e. The SMILES string of the molecule is C[C@H]1C[C@H](CO)CN1Cc1ccccc1. The van der Waals surface area contributed by atoms with Crippen LogP contribution in [0.5, 0.6) is 0 Å². The predicted molar refractivity (Wildman–Crippen MR) is 61.5 cm³/mol. The third-order valence-corrected chi connectivity index (χ3v) is 3.28. The first-order valence-corrected chi connectivity index (χ1v) is 5.68. The van der Waals surface area contributed by atoms with E-state index in [2.05, 4.69) is 36.1 Å². The highest BCUT2D eigenvalue weighted by atomic mass is 16.3. The van der Waals surface area contributed by atoms with Gasteiger partial charge in [-0.25, -0.2) is 0 Å². The first-order chi connectivity index (χ1) is 7.29. The zero-order valence-corrected chi connectivity index (χ0v) is 9.26. The maximum Gasteiger partial charge on any atom is 0.0472 e. The lowest BCUT2D eigenvalue weighted by molar-refractivity contribution is 0.215. The predicted octanol–water partition coefficient (Wildman–Crippen LogP) is 1.89. The molecule has 0 bridgehead atoms. The standard InChI is InChI=1S/C13H19NO/c1-11-7-13(10-15)9-14(11)8-12-5-3-2-4-6-12/h2-6,11,13,15H,7-10H2,1H3/t11-,13-/m0/s1. The first kappa shape index (κ1) is 10.7. The molecule has 1 aromatic rings. The average molecular weight is 205 g/mol. The van der Waals surface area contributed by atoms with Gasteiger partial charge in [0.1, 0.15) is 0 Å². The van der Waals surface area contributed by atoms with Crippen LogP contribution in [0.1, 0.15) is 18.9 Å². The highest BCUT2D eigenvalue weighted by molar-refractivity contribution is 5.14. The van der Waals surface area contributed by atoms with Gasteiger partial charge in [0.15, 0.2) is 0 Å². The molecule has 1 aromatic carbocycles. The van der Waals surface area contributed by atoms with E-state index in [0.29, 0.717) is 18.6 Å². The van der Waals surface area contributed by atoms with Crippen LogP contribution in [0.4, 0.5) is 0 Å². The molecular formula is C13H19NO. The van der Waals surface area contributed by atoms with Crippen molar-refractivity contribution in [2.45, 2.75) is 25.9 Å². The Hall–Kier alpha value is -0.860. The lowest BCUT2D eigenvalue weighted by Gasteiger charge is -2.20. The maximum absolute atomic E-state index is 9.14. The number of aliphatic hydroxyl groups excluding tert-OH is 1. The molecule has 1 N–H and O–H groups in total.